The van der Waals surface area contributed by atoms with Crippen LogP contribution in [0.25, 0.3) is 0 Å². The van der Waals surface area contributed by atoms with E-state index in [0.29, 0.717) is 28.7 Å². The van der Waals surface area contributed by atoms with Gasteiger partial charge >= 0.3 is 5.97 Å². The molecule has 1 heterocycles. The third-order valence-electron chi connectivity index (χ3n) is 5.04. The van der Waals surface area contributed by atoms with Gasteiger partial charge in [-0.15, -0.1) is 0 Å². The van der Waals surface area contributed by atoms with Gasteiger partial charge in [0.15, 0.2) is 0 Å². The number of rotatable bonds is 8. The molecule has 2 aromatic carbocycles. The van der Waals surface area contributed by atoms with Gasteiger partial charge in [-0.1, -0.05) is 50.1 Å². The second-order valence-corrected chi connectivity index (χ2v) is 7.59. The van der Waals surface area contributed by atoms with Crippen LogP contribution in [0.1, 0.15) is 60.2 Å². The average Bonchev–Trinajstić information content (AvgIpc) is 3.11. The number of para-hydroxylation sites is 1. The maximum atomic E-state index is 13.1. The van der Waals surface area contributed by atoms with Crippen molar-refractivity contribution in [2.45, 2.75) is 53.1 Å². The predicted octanol–water partition coefficient (Wildman–Crippen LogP) is 5.77. The Morgan fingerprint density at radius 3 is 2.50 bits per heavy atom. The second kappa shape index (κ2) is 9.44. The largest absolute Gasteiger partial charge is 0.492 e. The Hall–Kier alpha value is -2.04. The molecule has 0 aromatic heterocycles. The first kappa shape index (κ1) is 20.7. The second-order valence-electron chi connectivity index (χ2n) is 7.22. The molecule has 28 heavy (non-hydrogen) atoms. The number of hydrogen-bond acceptors (Lipinski definition) is 4. The van der Waals surface area contributed by atoms with E-state index in [-0.39, 0.29) is 0 Å². The van der Waals surface area contributed by atoms with Crippen LogP contribution in [0.2, 0.25) is 5.02 Å². The molecule has 0 fully saturated rings. The molecular weight excluding hydrogens is 374 g/mol. The van der Waals surface area contributed by atoms with Crippen molar-refractivity contribution in [1.82, 2.24) is 4.90 Å². The molecule has 1 aliphatic heterocycles. The lowest BCUT2D eigenvalue weighted by Gasteiger charge is -2.19. The van der Waals surface area contributed by atoms with Gasteiger partial charge in [0.2, 0.25) is 0 Å². The highest BCUT2D eigenvalue weighted by molar-refractivity contribution is 6.33. The Morgan fingerprint density at radius 2 is 1.82 bits per heavy atom. The topological polar surface area (TPSA) is 38.8 Å². The summed E-state index contributed by atoms with van der Waals surface area (Å²) in [4.78, 5) is 15.4. The number of carbonyl (C=O) groups is 1. The summed E-state index contributed by atoms with van der Waals surface area (Å²) in [6.07, 6.45) is 3.03. The van der Waals surface area contributed by atoms with Crippen molar-refractivity contribution in [3.63, 3.8) is 0 Å². The molecule has 2 aromatic rings. The lowest BCUT2D eigenvalue weighted by Crippen LogP contribution is -2.17. The van der Waals surface area contributed by atoms with E-state index in [0.717, 1.165) is 55.6 Å². The van der Waals surface area contributed by atoms with Crippen LogP contribution in [-0.4, -0.2) is 24.0 Å². The first-order valence-corrected chi connectivity index (χ1v) is 10.4. The van der Waals surface area contributed by atoms with Crippen LogP contribution >= 0.6 is 11.6 Å². The fourth-order valence-corrected chi connectivity index (χ4v) is 3.87. The first-order chi connectivity index (χ1) is 13.6. The summed E-state index contributed by atoms with van der Waals surface area (Å²) >= 11 is 6.70. The Bertz CT molecular complexity index is 836. The summed E-state index contributed by atoms with van der Waals surface area (Å²) in [5.74, 6) is 0.731. The van der Waals surface area contributed by atoms with Crippen molar-refractivity contribution >= 4 is 17.6 Å². The molecule has 0 spiro atoms. The van der Waals surface area contributed by atoms with Crippen LogP contribution < -0.4 is 9.47 Å². The summed E-state index contributed by atoms with van der Waals surface area (Å²) in [6.45, 7) is 9.26. The van der Waals surface area contributed by atoms with Gasteiger partial charge in [0, 0.05) is 23.7 Å². The zero-order chi connectivity index (χ0) is 20.1. The number of nitrogens with zero attached hydrogens (tertiary/aromatic N) is 1. The van der Waals surface area contributed by atoms with Gasteiger partial charge in [-0.2, -0.15) is 0 Å². The molecule has 0 aliphatic carbocycles. The molecule has 5 heteroatoms. The van der Waals surface area contributed by atoms with E-state index in [4.69, 9.17) is 21.1 Å². The molecule has 0 saturated heterocycles. The summed E-state index contributed by atoms with van der Waals surface area (Å²) in [7, 11) is 0. The zero-order valence-corrected chi connectivity index (χ0v) is 17.6. The molecule has 0 unspecified atom stereocenters. The Kier molecular flexibility index (Phi) is 6.97. The maximum absolute atomic E-state index is 13.1. The molecule has 1 aliphatic rings. The highest BCUT2D eigenvalue weighted by Gasteiger charge is 2.32. The van der Waals surface area contributed by atoms with Crippen LogP contribution in [0, 0.1) is 6.92 Å². The van der Waals surface area contributed by atoms with Crippen LogP contribution in [-0.2, 0) is 13.1 Å². The van der Waals surface area contributed by atoms with Gasteiger partial charge < -0.3 is 9.47 Å². The molecule has 150 valence electrons. The molecule has 0 amide bonds. The van der Waals surface area contributed by atoms with E-state index >= 15 is 0 Å². The minimum absolute atomic E-state index is 0.422. The lowest BCUT2D eigenvalue weighted by molar-refractivity contribution is 0.0729. The van der Waals surface area contributed by atoms with Crippen molar-refractivity contribution in [2.75, 3.05) is 13.2 Å². The Labute approximate surface area is 172 Å². The number of carbonyl (C=O) groups excluding carboxylic acids is 1. The minimum atomic E-state index is -0.422. The van der Waals surface area contributed by atoms with Crippen molar-refractivity contribution in [1.29, 1.82) is 0 Å². The van der Waals surface area contributed by atoms with Crippen molar-refractivity contribution in [3.05, 3.63) is 57.6 Å². The minimum Gasteiger partial charge on any atom is -0.492 e. The average molecular weight is 402 g/mol. The van der Waals surface area contributed by atoms with E-state index in [9.17, 15) is 4.79 Å². The first-order valence-electron chi connectivity index (χ1n) is 10.0. The fourth-order valence-electron chi connectivity index (χ4n) is 3.61. The summed E-state index contributed by atoms with van der Waals surface area (Å²) < 4.78 is 11.8. The Balaban J connectivity index is 2.01. The highest BCUT2D eigenvalue weighted by Crippen LogP contribution is 2.42. The third-order valence-corrected chi connectivity index (χ3v) is 5.55. The number of esters is 1. The number of benzene rings is 2. The van der Waals surface area contributed by atoms with Gasteiger partial charge in [-0.05, 0) is 49.6 Å². The quantitative estimate of drug-likeness (QED) is 0.319. The molecule has 0 saturated carbocycles. The monoisotopic (exact) mass is 401 g/mol. The summed E-state index contributed by atoms with van der Waals surface area (Å²) in [5.41, 5.74) is 3.28. The van der Waals surface area contributed by atoms with E-state index in [1.165, 1.54) is 0 Å². The van der Waals surface area contributed by atoms with E-state index in [1.807, 2.05) is 25.1 Å². The van der Waals surface area contributed by atoms with Crippen LogP contribution in [0.4, 0.5) is 0 Å². The number of fused-ring (bicyclic) bond motifs is 1. The van der Waals surface area contributed by atoms with E-state index in [1.54, 1.807) is 12.1 Å². The number of hydrogen-bond donors (Lipinski definition) is 0. The normalized spacial score (nSPS) is 13.4. The number of ether oxygens (including phenoxy) is 2. The van der Waals surface area contributed by atoms with Gasteiger partial charge in [0.1, 0.15) is 17.1 Å². The van der Waals surface area contributed by atoms with Gasteiger partial charge in [0.05, 0.1) is 6.61 Å². The summed E-state index contributed by atoms with van der Waals surface area (Å²) in [6, 6.07) is 9.10. The lowest BCUT2D eigenvalue weighted by atomic mass is 9.98. The molecule has 0 bridgehead atoms. The molecule has 4 nitrogen and oxygen atoms in total. The summed E-state index contributed by atoms with van der Waals surface area (Å²) in [5, 5.41) is 0.649. The fraction of sp³-hybridized carbons (Fsp3) is 0.435. The third kappa shape index (κ3) is 4.34. The van der Waals surface area contributed by atoms with Crippen LogP contribution in [0.5, 0.6) is 11.5 Å². The smallest absolute Gasteiger partial charge is 0.347 e. The molecular formula is C23H28ClNO3. The number of halogens is 1. The van der Waals surface area contributed by atoms with E-state index in [2.05, 4.69) is 18.7 Å². The molecule has 3 rings (SSSR count). The van der Waals surface area contributed by atoms with E-state index < -0.39 is 5.97 Å². The standard InChI is InChI=1S/C23H28ClNO3/c1-4-6-13-27-22-19-15-25(12-5-2)14-18(19)21(24)16(3)20(22)23(26)28-17-10-8-7-9-11-17/h7-11H,4-6,12-15H2,1-3H3. The van der Waals surface area contributed by atoms with Crippen LogP contribution in [0.3, 0.4) is 0 Å². The molecule has 0 radical (unpaired) electrons. The number of unbranched alkanes of at least 4 members (excludes halogenated alkanes) is 1. The van der Waals surface area contributed by atoms with Crippen molar-refractivity contribution in [2.24, 2.45) is 0 Å². The Morgan fingerprint density at radius 1 is 1.11 bits per heavy atom. The van der Waals surface area contributed by atoms with Crippen molar-refractivity contribution < 1.29 is 14.3 Å². The molecule has 0 N–H and O–H groups in total. The predicted molar refractivity (Wildman–Crippen MR) is 112 cm³/mol. The van der Waals surface area contributed by atoms with Gasteiger partial charge in [-0.25, -0.2) is 4.79 Å². The zero-order valence-electron chi connectivity index (χ0n) is 16.9. The molecule has 0 atom stereocenters. The highest BCUT2D eigenvalue weighted by atomic mass is 35.5. The maximum Gasteiger partial charge on any atom is 0.347 e. The SMILES string of the molecule is CCCCOc1c2c(c(Cl)c(C)c1C(=O)Oc1ccccc1)CN(CCC)C2. The van der Waals surface area contributed by atoms with Gasteiger partial charge in [-0.3, -0.25) is 4.90 Å². The van der Waals surface area contributed by atoms with Crippen molar-refractivity contribution in [3.8, 4) is 11.5 Å². The van der Waals surface area contributed by atoms with Crippen LogP contribution in [0.15, 0.2) is 30.3 Å². The van der Waals surface area contributed by atoms with Gasteiger partial charge in [0.25, 0.3) is 0 Å².